The Morgan fingerprint density at radius 3 is 3.06 bits per heavy atom. The van der Waals surface area contributed by atoms with Crippen LogP contribution in [-0.4, -0.2) is 32.4 Å². The quantitative estimate of drug-likeness (QED) is 0.529. The third-order valence-electron chi connectivity index (χ3n) is 3.58. The second-order valence-corrected chi connectivity index (χ2v) is 4.66. The Balaban J connectivity index is 1.88. The number of ether oxygens (including phenoxy) is 2. The standard InChI is InChI=1S/C11H16BO4/c1-6-10-8(5-16-11(10)14)9(12-6)3-4-15-7(2)13/h6,8-10H,3-5H2,1-2H3. The average molecular weight is 223 g/mol. The normalized spacial score (nSPS) is 36.5. The third kappa shape index (κ3) is 2.08. The van der Waals surface area contributed by atoms with Crippen molar-refractivity contribution in [1.29, 1.82) is 0 Å². The second-order valence-electron chi connectivity index (χ2n) is 4.66. The van der Waals surface area contributed by atoms with Gasteiger partial charge in [-0.2, -0.15) is 0 Å². The Morgan fingerprint density at radius 1 is 1.62 bits per heavy atom. The lowest BCUT2D eigenvalue weighted by Gasteiger charge is -2.15. The van der Waals surface area contributed by atoms with E-state index in [9.17, 15) is 9.59 Å². The minimum atomic E-state index is -0.249. The van der Waals surface area contributed by atoms with Crippen molar-refractivity contribution in [1.82, 2.24) is 0 Å². The minimum Gasteiger partial charge on any atom is -0.466 e. The van der Waals surface area contributed by atoms with Crippen molar-refractivity contribution >= 4 is 19.2 Å². The van der Waals surface area contributed by atoms with Gasteiger partial charge in [0.1, 0.15) is 7.28 Å². The van der Waals surface area contributed by atoms with E-state index in [-0.39, 0.29) is 29.6 Å². The van der Waals surface area contributed by atoms with E-state index in [4.69, 9.17) is 9.47 Å². The lowest BCUT2D eigenvalue weighted by molar-refractivity contribution is -0.142. The molecule has 2 fully saturated rings. The molecule has 4 unspecified atom stereocenters. The zero-order chi connectivity index (χ0) is 11.7. The highest BCUT2D eigenvalue weighted by molar-refractivity contribution is 6.42. The smallest absolute Gasteiger partial charge is 0.308 e. The summed E-state index contributed by atoms with van der Waals surface area (Å²) in [6.07, 6.45) is 0.793. The Morgan fingerprint density at radius 2 is 2.38 bits per heavy atom. The molecule has 2 heterocycles. The predicted octanol–water partition coefficient (Wildman–Crippen LogP) is 1.04. The molecule has 4 nitrogen and oxygen atoms in total. The first-order valence-corrected chi connectivity index (χ1v) is 5.74. The number of carbonyl (C=O) groups excluding carboxylic acids is 2. The topological polar surface area (TPSA) is 52.6 Å². The van der Waals surface area contributed by atoms with Gasteiger partial charge in [-0.15, -0.1) is 0 Å². The highest BCUT2D eigenvalue weighted by Gasteiger charge is 2.50. The lowest BCUT2D eigenvalue weighted by Crippen LogP contribution is -2.14. The van der Waals surface area contributed by atoms with Crippen LogP contribution >= 0.6 is 0 Å². The molecule has 0 saturated carbocycles. The fourth-order valence-corrected chi connectivity index (χ4v) is 2.85. The van der Waals surface area contributed by atoms with E-state index in [1.807, 2.05) is 0 Å². The average Bonchev–Trinajstić information content (AvgIpc) is 2.70. The van der Waals surface area contributed by atoms with Crippen LogP contribution in [0.3, 0.4) is 0 Å². The molecule has 1 radical (unpaired) electrons. The van der Waals surface area contributed by atoms with Crippen LogP contribution < -0.4 is 0 Å². The van der Waals surface area contributed by atoms with Gasteiger partial charge in [0.25, 0.3) is 0 Å². The molecule has 0 bridgehead atoms. The summed E-state index contributed by atoms with van der Waals surface area (Å²) >= 11 is 0. The number of cyclic esters (lactones) is 1. The van der Waals surface area contributed by atoms with Gasteiger partial charge >= 0.3 is 11.9 Å². The van der Waals surface area contributed by atoms with Crippen LogP contribution in [0.2, 0.25) is 11.6 Å². The van der Waals surface area contributed by atoms with Crippen molar-refractivity contribution in [3.63, 3.8) is 0 Å². The molecule has 5 heteroatoms. The van der Waals surface area contributed by atoms with Gasteiger partial charge in [0.05, 0.1) is 19.1 Å². The molecule has 87 valence electrons. The zero-order valence-corrected chi connectivity index (χ0v) is 9.64. The fourth-order valence-electron chi connectivity index (χ4n) is 2.85. The molecule has 2 rings (SSSR count). The van der Waals surface area contributed by atoms with Crippen LogP contribution in [0.5, 0.6) is 0 Å². The molecule has 2 aliphatic rings. The molecular formula is C11H16BO4. The number of fused-ring (bicyclic) bond motifs is 1. The Bertz CT molecular complexity index is 304. The Labute approximate surface area is 95.9 Å². The molecule has 0 spiro atoms. The van der Waals surface area contributed by atoms with Crippen molar-refractivity contribution in [2.75, 3.05) is 13.2 Å². The van der Waals surface area contributed by atoms with Crippen molar-refractivity contribution in [2.24, 2.45) is 11.8 Å². The maximum atomic E-state index is 11.5. The predicted molar refractivity (Wildman–Crippen MR) is 58.1 cm³/mol. The number of hydrogen-bond donors (Lipinski definition) is 0. The van der Waals surface area contributed by atoms with Crippen molar-refractivity contribution < 1.29 is 19.1 Å². The molecule has 0 aromatic carbocycles. The van der Waals surface area contributed by atoms with E-state index in [2.05, 4.69) is 14.2 Å². The van der Waals surface area contributed by atoms with E-state index < -0.39 is 0 Å². The number of carbonyl (C=O) groups is 2. The van der Waals surface area contributed by atoms with Crippen LogP contribution in [0.15, 0.2) is 0 Å². The van der Waals surface area contributed by atoms with Crippen LogP contribution in [0.1, 0.15) is 20.3 Å². The first-order chi connectivity index (χ1) is 7.59. The molecule has 2 saturated heterocycles. The summed E-state index contributed by atoms with van der Waals surface area (Å²) in [4.78, 5) is 22.1. The molecule has 0 N–H and O–H groups in total. The van der Waals surface area contributed by atoms with E-state index in [1.54, 1.807) is 0 Å². The van der Waals surface area contributed by atoms with Crippen LogP contribution in [0, 0.1) is 11.8 Å². The zero-order valence-electron chi connectivity index (χ0n) is 9.64. The van der Waals surface area contributed by atoms with Gasteiger partial charge in [0.2, 0.25) is 0 Å². The summed E-state index contributed by atoms with van der Waals surface area (Å²) in [5.74, 6) is 0.624. The summed E-state index contributed by atoms with van der Waals surface area (Å²) in [5.41, 5.74) is 0. The largest absolute Gasteiger partial charge is 0.466 e. The first kappa shape index (κ1) is 11.5. The Hall–Kier alpha value is -0.995. The molecule has 0 aromatic heterocycles. The molecule has 0 amide bonds. The van der Waals surface area contributed by atoms with Gasteiger partial charge in [-0.3, -0.25) is 9.59 Å². The molecular weight excluding hydrogens is 207 g/mol. The summed E-state index contributed by atoms with van der Waals surface area (Å²) in [7, 11) is 2.21. The number of rotatable bonds is 3. The maximum absolute atomic E-state index is 11.5. The van der Waals surface area contributed by atoms with Crippen molar-refractivity contribution in [3.05, 3.63) is 0 Å². The first-order valence-electron chi connectivity index (χ1n) is 5.74. The fraction of sp³-hybridized carbons (Fsp3) is 0.818. The molecule has 0 aliphatic carbocycles. The van der Waals surface area contributed by atoms with E-state index in [0.717, 1.165) is 6.42 Å². The Kier molecular flexibility index (Phi) is 3.21. The van der Waals surface area contributed by atoms with E-state index in [1.165, 1.54) is 6.92 Å². The van der Waals surface area contributed by atoms with Crippen molar-refractivity contribution in [2.45, 2.75) is 31.9 Å². The third-order valence-corrected chi connectivity index (χ3v) is 3.58. The summed E-state index contributed by atoms with van der Waals surface area (Å²) < 4.78 is 10.0. The van der Waals surface area contributed by atoms with Gasteiger partial charge < -0.3 is 9.47 Å². The van der Waals surface area contributed by atoms with E-state index >= 15 is 0 Å². The monoisotopic (exact) mass is 223 g/mol. The van der Waals surface area contributed by atoms with Gasteiger partial charge in [0.15, 0.2) is 0 Å². The molecule has 0 aromatic rings. The molecule has 16 heavy (non-hydrogen) atoms. The van der Waals surface area contributed by atoms with Gasteiger partial charge in [0, 0.05) is 12.8 Å². The molecule has 4 atom stereocenters. The second kappa shape index (κ2) is 4.48. The lowest BCUT2D eigenvalue weighted by atomic mass is 9.58. The maximum Gasteiger partial charge on any atom is 0.308 e. The van der Waals surface area contributed by atoms with Crippen molar-refractivity contribution in [3.8, 4) is 0 Å². The van der Waals surface area contributed by atoms with Gasteiger partial charge in [-0.25, -0.2) is 0 Å². The highest BCUT2D eigenvalue weighted by atomic mass is 16.5. The van der Waals surface area contributed by atoms with Crippen LogP contribution in [0.25, 0.3) is 0 Å². The molecule has 2 aliphatic heterocycles. The number of esters is 2. The van der Waals surface area contributed by atoms with Gasteiger partial charge in [-0.1, -0.05) is 18.6 Å². The highest BCUT2D eigenvalue weighted by Crippen LogP contribution is 2.48. The minimum absolute atomic E-state index is 0.0299. The van der Waals surface area contributed by atoms with E-state index in [0.29, 0.717) is 19.0 Å². The van der Waals surface area contributed by atoms with Crippen LogP contribution in [0.4, 0.5) is 0 Å². The van der Waals surface area contributed by atoms with Crippen LogP contribution in [-0.2, 0) is 19.1 Å². The SMILES string of the molecule is CC(=O)OCCC1[B]C(C)C2C(=O)OCC12. The summed E-state index contributed by atoms with van der Waals surface area (Å²) in [6, 6.07) is 0. The van der Waals surface area contributed by atoms with Gasteiger partial charge in [-0.05, 0) is 6.42 Å². The summed E-state index contributed by atoms with van der Waals surface area (Å²) in [5, 5.41) is 0. The summed E-state index contributed by atoms with van der Waals surface area (Å²) in [6.45, 7) is 4.41. The number of hydrogen-bond acceptors (Lipinski definition) is 4.